The zero-order chi connectivity index (χ0) is 13.1. The molecule has 9 nitrogen and oxygen atoms in total. The summed E-state index contributed by atoms with van der Waals surface area (Å²) in [4.78, 5) is 13.6. The summed E-state index contributed by atoms with van der Waals surface area (Å²) in [6.07, 6.45) is 1.22. The summed E-state index contributed by atoms with van der Waals surface area (Å²) in [6, 6.07) is 0. The van der Waals surface area contributed by atoms with Crippen molar-refractivity contribution in [3.8, 4) is 0 Å². The molecule has 0 fully saturated rings. The van der Waals surface area contributed by atoms with E-state index in [9.17, 15) is 10.1 Å². The van der Waals surface area contributed by atoms with Crippen LogP contribution in [0.2, 0.25) is 0 Å². The Labute approximate surface area is 96.5 Å². The van der Waals surface area contributed by atoms with Crippen LogP contribution >= 0.6 is 0 Å². The lowest BCUT2D eigenvalue weighted by Crippen LogP contribution is -2.49. The van der Waals surface area contributed by atoms with Crippen LogP contribution < -0.4 is 5.32 Å². The number of imidazole rings is 1. The van der Waals surface area contributed by atoms with Gasteiger partial charge < -0.3 is 30.8 Å². The first-order valence-electron chi connectivity index (χ1n) is 4.76. The number of hydrogen-bond acceptors (Lipinski definition) is 7. The molecule has 1 heterocycles. The van der Waals surface area contributed by atoms with Gasteiger partial charge in [0.05, 0.1) is 19.8 Å². The third kappa shape index (κ3) is 2.52. The number of anilines is 1. The Balaban J connectivity index is 3.08. The van der Waals surface area contributed by atoms with Crippen LogP contribution in [0.3, 0.4) is 0 Å². The molecule has 4 N–H and O–H groups in total. The van der Waals surface area contributed by atoms with Crippen molar-refractivity contribution in [2.45, 2.75) is 5.54 Å². The Bertz CT molecular complexity index is 392. The molecule has 17 heavy (non-hydrogen) atoms. The molecule has 1 aromatic rings. The lowest BCUT2D eigenvalue weighted by atomic mass is 10.0. The van der Waals surface area contributed by atoms with E-state index in [2.05, 4.69) is 10.3 Å². The first-order valence-corrected chi connectivity index (χ1v) is 4.76. The predicted octanol–water partition coefficient (Wildman–Crippen LogP) is -1.54. The van der Waals surface area contributed by atoms with Gasteiger partial charge in [0, 0.05) is 7.05 Å². The van der Waals surface area contributed by atoms with Crippen LogP contribution in [-0.4, -0.2) is 55.2 Å². The number of nitro groups is 1. The summed E-state index contributed by atoms with van der Waals surface area (Å²) in [5.41, 5.74) is -1.43. The van der Waals surface area contributed by atoms with Gasteiger partial charge in [-0.25, -0.2) is 0 Å². The van der Waals surface area contributed by atoms with Crippen LogP contribution in [-0.2, 0) is 7.05 Å². The van der Waals surface area contributed by atoms with Gasteiger partial charge in [-0.05, 0) is 9.91 Å². The van der Waals surface area contributed by atoms with Crippen LogP contribution in [0.25, 0.3) is 0 Å². The van der Waals surface area contributed by atoms with Gasteiger partial charge in [-0.15, -0.1) is 0 Å². The van der Waals surface area contributed by atoms with Gasteiger partial charge in [0.25, 0.3) is 0 Å². The first-order chi connectivity index (χ1) is 7.99. The highest BCUT2D eigenvalue weighted by atomic mass is 16.6. The summed E-state index contributed by atoms with van der Waals surface area (Å²) in [7, 11) is 1.51. The highest BCUT2D eigenvalue weighted by molar-refractivity contribution is 5.54. The van der Waals surface area contributed by atoms with E-state index in [1.165, 1.54) is 17.9 Å². The van der Waals surface area contributed by atoms with Crippen LogP contribution in [0.5, 0.6) is 0 Å². The topological polar surface area (TPSA) is 134 Å². The second-order valence-corrected chi connectivity index (χ2v) is 3.66. The van der Waals surface area contributed by atoms with Crippen molar-refractivity contribution in [2.75, 3.05) is 25.1 Å². The fraction of sp³-hybridized carbons (Fsp3) is 0.625. The Morgan fingerprint density at radius 2 is 2.00 bits per heavy atom. The molecular weight excluding hydrogens is 232 g/mol. The van der Waals surface area contributed by atoms with E-state index in [1.807, 2.05) is 0 Å². The molecule has 96 valence electrons. The van der Waals surface area contributed by atoms with Crippen LogP contribution in [0.1, 0.15) is 0 Å². The Morgan fingerprint density at radius 3 is 2.41 bits per heavy atom. The number of aliphatic hydroxyl groups is 3. The van der Waals surface area contributed by atoms with Crippen molar-refractivity contribution in [3.05, 3.63) is 16.4 Å². The summed E-state index contributed by atoms with van der Waals surface area (Å²) in [6.45, 7) is -1.74. The van der Waals surface area contributed by atoms with E-state index in [0.717, 1.165) is 0 Å². The molecule has 1 aromatic heterocycles. The Kier molecular flexibility index (Phi) is 3.99. The molecule has 0 aliphatic heterocycles. The SMILES string of the molecule is Cn1cnc([N+](=O)[O-])c1NC(CO)(CO)CO. The molecule has 0 atom stereocenters. The van der Waals surface area contributed by atoms with E-state index in [4.69, 9.17) is 15.3 Å². The van der Waals surface area contributed by atoms with E-state index in [1.54, 1.807) is 0 Å². The van der Waals surface area contributed by atoms with Crippen LogP contribution in [0.4, 0.5) is 11.6 Å². The smallest absolute Gasteiger partial charge is 0.394 e. The van der Waals surface area contributed by atoms with Crippen molar-refractivity contribution in [1.82, 2.24) is 9.55 Å². The first kappa shape index (κ1) is 13.4. The van der Waals surface area contributed by atoms with Crippen LogP contribution in [0, 0.1) is 10.1 Å². The predicted molar refractivity (Wildman–Crippen MR) is 57.5 cm³/mol. The highest BCUT2D eigenvalue weighted by Gasteiger charge is 2.32. The molecule has 0 spiro atoms. The minimum atomic E-state index is -1.43. The molecular formula is C8H14N4O5. The standard InChI is InChI=1S/C8H14N4O5/c1-11-5-9-6(12(16)17)7(11)10-8(2-13,3-14)4-15/h5,10,13-15H,2-4H2,1H3. The van der Waals surface area contributed by atoms with E-state index < -0.39 is 36.1 Å². The molecule has 1 rings (SSSR count). The van der Waals surface area contributed by atoms with Crippen molar-refractivity contribution in [2.24, 2.45) is 7.05 Å². The maximum Gasteiger partial charge on any atom is 0.406 e. The molecule has 0 radical (unpaired) electrons. The lowest BCUT2D eigenvalue weighted by molar-refractivity contribution is -0.388. The van der Waals surface area contributed by atoms with Crippen molar-refractivity contribution in [3.63, 3.8) is 0 Å². The summed E-state index contributed by atoms with van der Waals surface area (Å²) in [5, 5.41) is 40.6. The summed E-state index contributed by atoms with van der Waals surface area (Å²) < 4.78 is 1.33. The zero-order valence-corrected chi connectivity index (χ0v) is 9.20. The number of aryl methyl sites for hydroxylation is 1. The monoisotopic (exact) mass is 246 g/mol. The second kappa shape index (κ2) is 5.08. The van der Waals surface area contributed by atoms with Crippen molar-refractivity contribution < 1.29 is 20.2 Å². The fourth-order valence-electron chi connectivity index (χ4n) is 1.22. The number of rotatable bonds is 6. The molecule has 0 saturated heterocycles. The number of aliphatic hydroxyl groups excluding tert-OH is 3. The minimum Gasteiger partial charge on any atom is -0.394 e. The average molecular weight is 246 g/mol. The highest BCUT2D eigenvalue weighted by Crippen LogP contribution is 2.24. The maximum absolute atomic E-state index is 10.7. The number of nitrogens with zero attached hydrogens (tertiary/aromatic N) is 3. The van der Waals surface area contributed by atoms with Gasteiger partial charge in [-0.3, -0.25) is 4.57 Å². The number of hydrogen-bond donors (Lipinski definition) is 4. The Morgan fingerprint density at radius 1 is 1.47 bits per heavy atom. The van der Waals surface area contributed by atoms with Crippen molar-refractivity contribution in [1.29, 1.82) is 0 Å². The average Bonchev–Trinajstić information content (AvgIpc) is 2.68. The molecule has 0 amide bonds. The van der Waals surface area contributed by atoms with Gasteiger partial charge in [0.1, 0.15) is 5.54 Å². The van der Waals surface area contributed by atoms with Gasteiger partial charge in [0.2, 0.25) is 12.1 Å². The normalized spacial score (nSPS) is 11.5. The molecule has 0 aromatic carbocycles. The van der Waals surface area contributed by atoms with E-state index in [-0.39, 0.29) is 5.82 Å². The Hall–Kier alpha value is -1.71. The number of nitrogens with one attached hydrogen (secondary N) is 1. The van der Waals surface area contributed by atoms with Crippen molar-refractivity contribution >= 4 is 11.6 Å². The summed E-state index contributed by atoms with van der Waals surface area (Å²) in [5.74, 6) is -0.431. The van der Waals surface area contributed by atoms with Gasteiger partial charge in [-0.2, -0.15) is 0 Å². The fourth-order valence-corrected chi connectivity index (χ4v) is 1.22. The second-order valence-electron chi connectivity index (χ2n) is 3.66. The van der Waals surface area contributed by atoms with E-state index in [0.29, 0.717) is 0 Å². The zero-order valence-electron chi connectivity index (χ0n) is 9.20. The maximum atomic E-state index is 10.7. The van der Waals surface area contributed by atoms with Gasteiger partial charge in [0.15, 0.2) is 0 Å². The molecule has 0 aliphatic rings. The van der Waals surface area contributed by atoms with E-state index >= 15 is 0 Å². The summed E-state index contributed by atoms with van der Waals surface area (Å²) >= 11 is 0. The lowest BCUT2D eigenvalue weighted by Gasteiger charge is -2.29. The van der Waals surface area contributed by atoms with Crippen LogP contribution in [0.15, 0.2) is 6.33 Å². The minimum absolute atomic E-state index is 0.00662. The van der Waals surface area contributed by atoms with Gasteiger partial charge in [-0.1, -0.05) is 0 Å². The van der Waals surface area contributed by atoms with Gasteiger partial charge >= 0.3 is 5.82 Å². The largest absolute Gasteiger partial charge is 0.406 e. The molecule has 9 heteroatoms. The molecule has 0 aliphatic carbocycles. The number of aromatic nitrogens is 2. The molecule has 0 saturated carbocycles. The molecule has 0 bridgehead atoms. The third-order valence-electron chi connectivity index (χ3n) is 2.38. The quantitative estimate of drug-likeness (QED) is 0.353. The molecule has 0 unspecified atom stereocenters. The third-order valence-corrected chi connectivity index (χ3v) is 2.38.